The summed E-state index contributed by atoms with van der Waals surface area (Å²) in [6, 6.07) is 9.49. The van der Waals surface area contributed by atoms with Crippen LogP contribution < -0.4 is 4.74 Å². The number of hydrogen-bond donors (Lipinski definition) is 0. The predicted molar refractivity (Wildman–Crippen MR) is 99.7 cm³/mol. The summed E-state index contributed by atoms with van der Waals surface area (Å²) < 4.78 is 37.5. The first-order valence-corrected chi connectivity index (χ1v) is 9.46. The van der Waals surface area contributed by atoms with Gasteiger partial charge in [0.1, 0.15) is 5.75 Å². The van der Waals surface area contributed by atoms with Crippen molar-refractivity contribution in [3.63, 3.8) is 0 Å². The van der Waals surface area contributed by atoms with Gasteiger partial charge >= 0.3 is 5.97 Å². The lowest BCUT2D eigenvalue weighted by Crippen LogP contribution is -2.16. The molecule has 0 aromatic heterocycles. The van der Waals surface area contributed by atoms with E-state index in [1.54, 1.807) is 25.1 Å². The van der Waals surface area contributed by atoms with Gasteiger partial charge in [0.15, 0.2) is 18.2 Å². The summed E-state index contributed by atoms with van der Waals surface area (Å²) in [4.78, 5) is 11.6. The Kier molecular flexibility index (Phi) is 6.43. The van der Waals surface area contributed by atoms with Crippen LogP contribution in [0.1, 0.15) is 50.5 Å². The second-order valence-corrected chi connectivity index (χ2v) is 6.81. The van der Waals surface area contributed by atoms with Crippen LogP contribution in [0.5, 0.6) is 5.75 Å². The zero-order valence-electron chi connectivity index (χ0n) is 15.5. The molecule has 1 aliphatic rings. The molecule has 3 rings (SSSR count). The Labute approximate surface area is 158 Å². The zero-order chi connectivity index (χ0) is 19.2. The number of ether oxygens (including phenoxy) is 2. The molecule has 1 saturated carbocycles. The van der Waals surface area contributed by atoms with E-state index in [4.69, 9.17) is 9.47 Å². The van der Waals surface area contributed by atoms with Crippen LogP contribution in [0, 0.1) is 11.6 Å². The highest BCUT2D eigenvalue weighted by molar-refractivity contribution is 5.71. The topological polar surface area (TPSA) is 35.5 Å². The summed E-state index contributed by atoms with van der Waals surface area (Å²) in [5, 5.41) is 0. The first kappa shape index (κ1) is 19.3. The molecular weight excluding hydrogens is 350 g/mol. The summed E-state index contributed by atoms with van der Waals surface area (Å²) >= 11 is 0. The zero-order valence-corrected chi connectivity index (χ0v) is 15.5. The van der Waals surface area contributed by atoms with Crippen LogP contribution in [0.25, 0.3) is 11.1 Å². The molecule has 5 heteroatoms. The molecule has 0 saturated heterocycles. The van der Waals surface area contributed by atoms with Gasteiger partial charge in [-0.15, -0.1) is 0 Å². The van der Waals surface area contributed by atoms with Gasteiger partial charge in [-0.1, -0.05) is 31.4 Å². The maximum atomic E-state index is 13.6. The minimum atomic E-state index is -0.866. The monoisotopic (exact) mass is 374 g/mol. The Balaban J connectivity index is 1.90. The predicted octanol–water partition coefficient (Wildman–Crippen LogP) is 5.62. The molecule has 0 unspecified atom stereocenters. The SMILES string of the molecule is CCOC(=O)COc1ccc(-c2ccc(F)c(F)c2)cc1C1CCCCC1. The van der Waals surface area contributed by atoms with Crippen molar-refractivity contribution >= 4 is 5.97 Å². The molecule has 0 N–H and O–H groups in total. The molecule has 3 nitrogen and oxygen atoms in total. The van der Waals surface area contributed by atoms with Gasteiger partial charge in [-0.25, -0.2) is 13.6 Å². The van der Waals surface area contributed by atoms with E-state index in [9.17, 15) is 13.6 Å². The number of benzene rings is 2. The van der Waals surface area contributed by atoms with Crippen molar-refractivity contribution in [2.75, 3.05) is 13.2 Å². The lowest BCUT2D eigenvalue weighted by Gasteiger charge is -2.25. The van der Waals surface area contributed by atoms with Gasteiger partial charge in [0, 0.05) is 0 Å². The summed E-state index contributed by atoms with van der Waals surface area (Å²) in [6.07, 6.45) is 5.63. The number of esters is 1. The third-order valence-corrected chi connectivity index (χ3v) is 4.96. The van der Waals surface area contributed by atoms with Crippen LogP contribution in [-0.4, -0.2) is 19.2 Å². The van der Waals surface area contributed by atoms with Crippen molar-refractivity contribution in [3.05, 3.63) is 53.6 Å². The lowest BCUT2D eigenvalue weighted by molar-refractivity contribution is -0.145. The average molecular weight is 374 g/mol. The Bertz CT molecular complexity index is 798. The van der Waals surface area contributed by atoms with E-state index < -0.39 is 17.6 Å². The second-order valence-electron chi connectivity index (χ2n) is 6.81. The molecule has 0 amide bonds. The van der Waals surface area contributed by atoms with Crippen LogP contribution >= 0.6 is 0 Å². The highest BCUT2D eigenvalue weighted by atomic mass is 19.2. The smallest absolute Gasteiger partial charge is 0.344 e. The van der Waals surface area contributed by atoms with Crippen molar-refractivity contribution in [3.8, 4) is 16.9 Å². The van der Waals surface area contributed by atoms with Crippen LogP contribution in [0.4, 0.5) is 8.78 Å². The van der Waals surface area contributed by atoms with Gasteiger partial charge in [-0.05, 0) is 66.6 Å². The maximum Gasteiger partial charge on any atom is 0.344 e. The third-order valence-electron chi connectivity index (χ3n) is 4.96. The lowest BCUT2D eigenvalue weighted by atomic mass is 9.82. The van der Waals surface area contributed by atoms with Crippen molar-refractivity contribution in [2.24, 2.45) is 0 Å². The minimum Gasteiger partial charge on any atom is -0.482 e. The van der Waals surface area contributed by atoms with Crippen molar-refractivity contribution in [2.45, 2.75) is 44.9 Å². The van der Waals surface area contributed by atoms with E-state index in [-0.39, 0.29) is 6.61 Å². The van der Waals surface area contributed by atoms with E-state index >= 15 is 0 Å². The molecule has 1 fully saturated rings. The normalized spacial score (nSPS) is 14.8. The van der Waals surface area contributed by atoms with Gasteiger partial charge in [0.25, 0.3) is 0 Å². The number of carbonyl (C=O) groups excluding carboxylic acids is 1. The van der Waals surface area contributed by atoms with E-state index in [0.717, 1.165) is 42.9 Å². The number of carbonyl (C=O) groups is 1. The largest absolute Gasteiger partial charge is 0.482 e. The van der Waals surface area contributed by atoms with Gasteiger partial charge in [0.05, 0.1) is 6.61 Å². The first-order chi connectivity index (χ1) is 13.1. The molecular formula is C22H24F2O3. The van der Waals surface area contributed by atoms with Gasteiger partial charge in [-0.2, -0.15) is 0 Å². The molecule has 0 radical (unpaired) electrons. The summed E-state index contributed by atoms with van der Waals surface area (Å²) in [5.41, 5.74) is 2.43. The van der Waals surface area contributed by atoms with Crippen LogP contribution in [-0.2, 0) is 9.53 Å². The summed E-state index contributed by atoms with van der Waals surface area (Å²) in [7, 11) is 0. The molecule has 0 atom stereocenters. The first-order valence-electron chi connectivity index (χ1n) is 9.46. The molecule has 0 aliphatic heterocycles. The molecule has 0 bridgehead atoms. The van der Waals surface area contributed by atoms with Crippen LogP contribution in [0.15, 0.2) is 36.4 Å². The molecule has 2 aromatic rings. The van der Waals surface area contributed by atoms with Gasteiger partial charge in [-0.3, -0.25) is 0 Å². The molecule has 2 aromatic carbocycles. The maximum absolute atomic E-state index is 13.6. The van der Waals surface area contributed by atoms with E-state index in [1.165, 1.54) is 12.5 Å². The molecule has 0 spiro atoms. The fourth-order valence-corrected chi connectivity index (χ4v) is 3.61. The Morgan fingerprint density at radius 2 is 1.70 bits per heavy atom. The number of rotatable bonds is 6. The number of hydrogen-bond acceptors (Lipinski definition) is 3. The van der Waals surface area contributed by atoms with Crippen LogP contribution in [0.3, 0.4) is 0 Å². The standard InChI is InChI=1S/C22H24F2O3/c1-2-26-22(25)14-27-21-11-9-16(17-8-10-19(23)20(24)13-17)12-18(21)15-6-4-3-5-7-15/h8-13,15H,2-7,14H2,1H3. The summed E-state index contributed by atoms with van der Waals surface area (Å²) in [5.74, 6) is -1.14. The summed E-state index contributed by atoms with van der Waals surface area (Å²) in [6.45, 7) is 1.92. The van der Waals surface area contributed by atoms with Crippen molar-refractivity contribution in [1.29, 1.82) is 0 Å². The van der Waals surface area contributed by atoms with E-state index in [0.29, 0.717) is 23.8 Å². The van der Waals surface area contributed by atoms with E-state index in [2.05, 4.69) is 0 Å². The molecule has 144 valence electrons. The molecule has 0 heterocycles. The fourth-order valence-electron chi connectivity index (χ4n) is 3.61. The van der Waals surface area contributed by atoms with E-state index in [1.807, 2.05) is 6.07 Å². The molecule has 1 aliphatic carbocycles. The quantitative estimate of drug-likeness (QED) is 0.616. The Hall–Kier alpha value is -2.43. The third kappa shape index (κ3) is 4.85. The van der Waals surface area contributed by atoms with Gasteiger partial charge < -0.3 is 9.47 Å². The Morgan fingerprint density at radius 1 is 1.00 bits per heavy atom. The minimum absolute atomic E-state index is 0.141. The average Bonchev–Trinajstić information content (AvgIpc) is 2.69. The van der Waals surface area contributed by atoms with Crippen LogP contribution in [0.2, 0.25) is 0 Å². The number of halogens is 2. The molecule has 27 heavy (non-hydrogen) atoms. The Morgan fingerprint density at radius 3 is 2.41 bits per heavy atom. The fraction of sp³-hybridized carbons (Fsp3) is 0.409. The second kappa shape index (κ2) is 8.98. The highest BCUT2D eigenvalue weighted by Gasteiger charge is 2.21. The van der Waals surface area contributed by atoms with Crippen molar-refractivity contribution < 1.29 is 23.0 Å². The van der Waals surface area contributed by atoms with Gasteiger partial charge in [0.2, 0.25) is 0 Å². The highest BCUT2D eigenvalue weighted by Crippen LogP contribution is 2.39. The van der Waals surface area contributed by atoms with Crippen molar-refractivity contribution in [1.82, 2.24) is 0 Å².